The summed E-state index contributed by atoms with van der Waals surface area (Å²) in [6, 6.07) is 14.9. The summed E-state index contributed by atoms with van der Waals surface area (Å²) >= 11 is 3.25. The highest BCUT2D eigenvalue weighted by Gasteiger charge is 2.35. The number of nitrogens with zero attached hydrogens (tertiary/aromatic N) is 1. The number of carbonyl (C=O) groups excluding carboxylic acids is 1. The molecule has 1 aliphatic rings. The lowest BCUT2D eigenvalue weighted by atomic mass is 10.3. The zero-order chi connectivity index (χ0) is 16.4. The third-order valence-electron chi connectivity index (χ3n) is 3.68. The number of carbonyl (C=O) groups is 1. The molecule has 3 rings (SSSR count). The molecule has 23 heavy (non-hydrogen) atoms. The molecule has 0 aromatic heterocycles. The van der Waals surface area contributed by atoms with Gasteiger partial charge in [-0.3, -0.25) is 4.79 Å². The summed E-state index contributed by atoms with van der Waals surface area (Å²) in [4.78, 5) is 14.2. The summed E-state index contributed by atoms with van der Waals surface area (Å²) in [7, 11) is -3.73. The summed E-state index contributed by atoms with van der Waals surface area (Å²) in [5, 5.41) is 0. The van der Waals surface area contributed by atoms with Gasteiger partial charge in [-0.15, -0.1) is 0 Å². The van der Waals surface area contributed by atoms with Gasteiger partial charge in [-0.2, -0.15) is 4.72 Å². The van der Waals surface area contributed by atoms with Gasteiger partial charge in [-0.1, -0.05) is 40.2 Å². The van der Waals surface area contributed by atoms with Crippen LogP contribution in [-0.4, -0.2) is 26.9 Å². The Morgan fingerprint density at radius 1 is 1.09 bits per heavy atom. The minimum Gasteiger partial charge on any atom is -0.311 e. The average Bonchev–Trinajstić information content (AvgIpc) is 2.89. The van der Waals surface area contributed by atoms with E-state index in [4.69, 9.17) is 0 Å². The maximum absolute atomic E-state index is 12.5. The second kappa shape index (κ2) is 6.43. The first-order valence-electron chi connectivity index (χ1n) is 7.12. The van der Waals surface area contributed by atoms with E-state index in [-0.39, 0.29) is 10.8 Å². The lowest BCUT2D eigenvalue weighted by Crippen LogP contribution is -2.41. The van der Waals surface area contributed by atoms with Crippen molar-refractivity contribution in [2.24, 2.45) is 0 Å². The number of benzene rings is 2. The highest BCUT2D eigenvalue weighted by atomic mass is 79.9. The van der Waals surface area contributed by atoms with E-state index in [1.807, 2.05) is 30.3 Å². The average molecular weight is 395 g/mol. The monoisotopic (exact) mass is 394 g/mol. The lowest BCUT2D eigenvalue weighted by Gasteiger charge is -2.17. The molecule has 1 atom stereocenters. The highest BCUT2D eigenvalue weighted by Crippen LogP contribution is 2.23. The quantitative estimate of drug-likeness (QED) is 0.866. The van der Waals surface area contributed by atoms with Crippen LogP contribution in [0.25, 0.3) is 0 Å². The second-order valence-electron chi connectivity index (χ2n) is 5.25. The number of hydrogen-bond acceptors (Lipinski definition) is 3. The van der Waals surface area contributed by atoms with Gasteiger partial charge in [0.2, 0.25) is 15.9 Å². The van der Waals surface area contributed by atoms with Crippen molar-refractivity contribution in [1.29, 1.82) is 0 Å². The van der Waals surface area contributed by atoms with Crippen molar-refractivity contribution in [2.45, 2.75) is 17.4 Å². The number of hydrogen-bond donors (Lipinski definition) is 1. The SMILES string of the molecule is O=C1C(NS(=O)(=O)c2cccc(Br)c2)CCN1c1ccccc1. The molecule has 0 saturated carbocycles. The number of sulfonamides is 1. The van der Waals surface area contributed by atoms with Gasteiger partial charge in [-0.25, -0.2) is 8.42 Å². The van der Waals surface area contributed by atoms with Crippen LogP contribution in [0, 0.1) is 0 Å². The van der Waals surface area contributed by atoms with Crippen molar-refractivity contribution >= 4 is 37.5 Å². The summed E-state index contributed by atoms with van der Waals surface area (Å²) in [5.74, 6) is -0.227. The molecule has 5 nitrogen and oxygen atoms in total. The Morgan fingerprint density at radius 3 is 2.52 bits per heavy atom. The van der Waals surface area contributed by atoms with Crippen molar-refractivity contribution in [3.63, 3.8) is 0 Å². The predicted octanol–water partition coefficient (Wildman–Crippen LogP) is 2.53. The number of nitrogens with one attached hydrogen (secondary N) is 1. The van der Waals surface area contributed by atoms with Gasteiger partial charge < -0.3 is 4.90 Å². The smallest absolute Gasteiger partial charge is 0.245 e. The van der Waals surface area contributed by atoms with Crippen LogP contribution in [0.2, 0.25) is 0 Å². The van der Waals surface area contributed by atoms with E-state index in [2.05, 4.69) is 20.7 Å². The first kappa shape index (κ1) is 16.2. The fourth-order valence-electron chi connectivity index (χ4n) is 2.54. The number of para-hydroxylation sites is 1. The fraction of sp³-hybridized carbons (Fsp3) is 0.188. The number of rotatable bonds is 4. The molecule has 1 amide bonds. The molecule has 2 aromatic carbocycles. The standard InChI is InChI=1S/C16H15BrN2O3S/c17-12-5-4-8-14(11-12)23(21,22)18-15-9-10-19(16(15)20)13-6-2-1-3-7-13/h1-8,11,15,18H,9-10H2. The van der Waals surface area contributed by atoms with Crippen molar-refractivity contribution in [1.82, 2.24) is 4.72 Å². The van der Waals surface area contributed by atoms with E-state index >= 15 is 0 Å². The van der Waals surface area contributed by atoms with Gasteiger partial charge in [-0.05, 0) is 36.8 Å². The Labute approximate surface area is 143 Å². The Hall–Kier alpha value is -1.70. The van der Waals surface area contributed by atoms with E-state index in [0.29, 0.717) is 17.4 Å². The molecular weight excluding hydrogens is 380 g/mol. The second-order valence-corrected chi connectivity index (χ2v) is 7.88. The van der Waals surface area contributed by atoms with Gasteiger partial charge in [0.05, 0.1) is 4.90 Å². The topological polar surface area (TPSA) is 66.5 Å². The first-order valence-corrected chi connectivity index (χ1v) is 9.39. The summed E-state index contributed by atoms with van der Waals surface area (Å²) in [6.07, 6.45) is 0.445. The van der Waals surface area contributed by atoms with E-state index in [0.717, 1.165) is 5.69 Å². The molecule has 1 heterocycles. The van der Waals surface area contributed by atoms with Crippen molar-refractivity contribution in [3.8, 4) is 0 Å². The van der Waals surface area contributed by atoms with Crippen LogP contribution in [0.5, 0.6) is 0 Å². The summed E-state index contributed by atoms with van der Waals surface area (Å²) in [6.45, 7) is 0.495. The predicted molar refractivity (Wildman–Crippen MR) is 91.7 cm³/mol. The summed E-state index contributed by atoms with van der Waals surface area (Å²) in [5.41, 5.74) is 0.779. The van der Waals surface area contributed by atoms with Gasteiger partial charge in [0.15, 0.2) is 0 Å². The van der Waals surface area contributed by atoms with Crippen molar-refractivity contribution < 1.29 is 13.2 Å². The molecular formula is C16H15BrN2O3S. The Morgan fingerprint density at radius 2 is 1.83 bits per heavy atom. The van der Waals surface area contributed by atoms with Gasteiger partial charge >= 0.3 is 0 Å². The van der Waals surface area contributed by atoms with E-state index in [9.17, 15) is 13.2 Å². The van der Waals surface area contributed by atoms with Crippen LogP contribution < -0.4 is 9.62 Å². The molecule has 2 aromatic rings. The molecule has 1 saturated heterocycles. The zero-order valence-corrected chi connectivity index (χ0v) is 14.5. The normalized spacial score (nSPS) is 18.4. The molecule has 0 aliphatic carbocycles. The van der Waals surface area contributed by atoms with Gasteiger partial charge in [0.25, 0.3) is 0 Å². The van der Waals surface area contributed by atoms with Crippen LogP contribution in [0.1, 0.15) is 6.42 Å². The zero-order valence-electron chi connectivity index (χ0n) is 12.1. The van der Waals surface area contributed by atoms with Crippen LogP contribution in [0.15, 0.2) is 64.0 Å². The molecule has 7 heteroatoms. The maximum atomic E-state index is 12.5. The molecule has 0 spiro atoms. The molecule has 1 aliphatic heterocycles. The largest absolute Gasteiger partial charge is 0.311 e. The van der Waals surface area contributed by atoms with E-state index < -0.39 is 16.1 Å². The number of anilines is 1. The molecule has 1 unspecified atom stereocenters. The third kappa shape index (κ3) is 3.46. The third-order valence-corrected chi connectivity index (χ3v) is 5.64. The number of amides is 1. The maximum Gasteiger partial charge on any atom is 0.245 e. The van der Waals surface area contributed by atoms with E-state index in [1.54, 1.807) is 17.0 Å². The van der Waals surface area contributed by atoms with Crippen LogP contribution in [-0.2, 0) is 14.8 Å². The molecule has 0 bridgehead atoms. The molecule has 0 radical (unpaired) electrons. The first-order chi connectivity index (χ1) is 11.0. The highest BCUT2D eigenvalue weighted by molar-refractivity contribution is 9.10. The lowest BCUT2D eigenvalue weighted by molar-refractivity contribution is -0.118. The fourth-order valence-corrected chi connectivity index (χ4v) is 4.36. The molecule has 120 valence electrons. The Kier molecular flexibility index (Phi) is 4.52. The van der Waals surface area contributed by atoms with Crippen molar-refractivity contribution in [2.75, 3.05) is 11.4 Å². The molecule has 1 fully saturated rings. The van der Waals surface area contributed by atoms with Gasteiger partial charge in [0.1, 0.15) is 6.04 Å². The van der Waals surface area contributed by atoms with Crippen LogP contribution >= 0.6 is 15.9 Å². The summed E-state index contributed by atoms with van der Waals surface area (Å²) < 4.78 is 28.0. The van der Waals surface area contributed by atoms with Crippen molar-refractivity contribution in [3.05, 3.63) is 59.1 Å². The minimum absolute atomic E-state index is 0.137. The Balaban J connectivity index is 1.78. The van der Waals surface area contributed by atoms with Crippen LogP contribution in [0.4, 0.5) is 5.69 Å². The van der Waals surface area contributed by atoms with Gasteiger partial charge in [0, 0.05) is 16.7 Å². The molecule has 1 N–H and O–H groups in total. The number of halogens is 1. The minimum atomic E-state index is -3.73. The van der Waals surface area contributed by atoms with Crippen LogP contribution in [0.3, 0.4) is 0 Å². The Bertz CT molecular complexity index is 824. The van der Waals surface area contributed by atoms with E-state index in [1.165, 1.54) is 12.1 Å².